The third-order valence-electron chi connectivity index (χ3n) is 3.09. The highest BCUT2D eigenvalue weighted by molar-refractivity contribution is 5.66. The van der Waals surface area contributed by atoms with Gasteiger partial charge in [-0.15, -0.1) is 0 Å². The molecule has 4 nitrogen and oxygen atoms in total. The van der Waals surface area contributed by atoms with Crippen LogP contribution in [0.5, 0.6) is 0 Å². The Morgan fingerprint density at radius 3 is 2.60 bits per heavy atom. The Labute approximate surface area is 91.1 Å². The highest BCUT2D eigenvalue weighted by Crippen LogP contribution is 2.33. The van der Waals surface area contributed by atoms with Crippen LogP contribution < -0.4 is 10.6 Å². The van der Waals surface area contributed by atoms with Crippen LogP contribution in [0, 0.1) is 12.8 Å². The first-order valence-corrected chi connectivity index (χ1v) is 5.67. The molecule has 2 rings (SSSR count). The Bertz CT molecular complexity index is 352. The summed E-state index contributed by atoms with van der Waals surface area (Å²) in [6.07, 6.45) is 2.74. The largest absolute Gasteiger partial charge is 0.394 e. The highest BCUT2D eigenvalue weighted by atomic mass is 15.4. The zero-order chi connectivity index (χ0) is 11.0. The van der Waals surface area contributed by atoms with Gasteiger partial charge in [0.05, 0.1) is 11.4 Å². The minimum absolute atomic E-state index is 0.833. The van der Waals surface area contributed by atoms with Crippen molar-refractivity contribution in [2.24, 2.45) is 13.0 Å². The molecule has 1 heterocycles. The number of nitrogen functional groups attached to an aromatic ring is 1. The van der Waals surface area contributed by atoms with Crippen molar-refractivity contribution in [1.29, 1.82) is 0 Å². The lowest BCUT2D eigenvalue weighted by atomic mass is 10.3. The molecule has 1 fully saturated rings. The summed E-state index contributed by atoms with van der Waals surface area (Å²) in [6.45, 7) is 6.26. The summed E-state index contributed by atoms with van der Waals surface area (Å²) < 4.78 is 1.90. The Balaban J connectivity index is 2.23. The summed E-state index contributed by atoms with van der Waals surface area (Å²) in [6, 6.07) is 0. The van der Waals surface area contributed by atoms with Crippen LogP contribution in [0.4, 0.5) is 11.5 Å². The molecule has 0 spiro atoms. The van der Waals surface area contributed by atoms with Crippen LogP contribution in [0.3, 0.4) is 0 Å². The Morgan fingerprint density at radius 2 is 2.20 bits per heavy atom. The third kappa shape index (κ3) is 1.94. The molecule has 0 unspecified atom stereocenters. The smallest absolute Gasteiger partial charge is 0.150 e. The fraction of sp³-hybridized carbons (Fsp3) is 0.727. The van der Waals surface area contributed by atoms with Crippen molar-refractivity contribution in [2.75, 3.05) is 23.7 Å². The molecular weight excluding hydrogens is 188 g/mol. The van der Waals surface area contributed by atoms with E-state index in [1.54, 1.807) is 0 Å². The first-order chi connectivity index (χ1) is 7.13. The molecule has 1 aromatic rings. The normalized spacial score (nSPS) is 15.7. The van der Waals surface area contributed by atoms with Crippen molar-refractivity contribution in [3.05, 3.63) is 5.69 Å². The van der Waals surface area contributed by atoms with Crippen LogP contribution >= 0.6 is 0 Å². The van der Waals surface area contributed by atoms with Gasteiger partial charge >= 0.3 is 0 Å². The molecule has 1 aliphatic carbocycles. The second-order valence-electron chi connectivity index (χ2n) is 4.43. The molecule has 1 aliphatic rings. The molecule has 0 radical (unpaired) electrons. The molecule has 15 heavy (non-hydrogen) atoms. The van der Waals surface area contributed by atoms with E-state index in [-0.39, 0.29) is 0 Å². The summed E-state index contributed by atoms with van der Waals surface area (Å²) in [7, 11) is 1.97. The van der Waals surface area contributed by atoms with Gasteiger partial charge in [0, 0.05) is 20.1 Å². The van der Waals surface area contributed by atoms with E-state index in [4.69, 9.17) is 5.73 Å². The maximum atomic E-state index is 6.05. The lowest BCUT2D eigenvalue weighted by molar-refractivity contribution is 0.678. The van der Waals surface area contributed by atoms with Crippen molar-refractivity contribution >= 4 is 11.5 Å². The number of aromatic nitrogens is 2. The van der Waals surface area contributed by atoms with Crippen molar-refractivity contribution in [3.63, 3.8) is 0 Å². The predicted molar refractivity (Wildman–Crippen MR) is 63.0 cm³/mol. The first-order valence-electron chi connectivity index (χ1n) is 5.67. The molecule has 0 atom stereocenters. The SMILES string of the molecule is CCN(CC1CC1)c1c(N)c(C)nn1C. The average molecular weight is 208 g/mol. The van der Waals surface area contributed by atoms with Gasteiger partial charge in [0.2, 0.25) is 0 Å². The summed E-state index contributed by atoms with van der Waals surface area (Å²) in [5, 5.41) is 4.36. The predicted octanol–water partition coefficient (Wildman–Crippen LogP) is 1.55. The third-order valence-corrected chi connectivity index (χ3v) is 3.09. The van der Waals surface area contributed by atoms with Gasteiger partial charge in [-0.1, -0.05) is 0 Å². The van der Waals surface area contributed by atoms with E-state index in [0.29, 0.717) is 0 Å². The van der Waals surface area contributed by atoms with Gasteiger partial charge in [0.15, 0.2) is 0 Å². The molecule has 1 saturated carbocycles. The summed E-state index contributed by atoms with van der Waals surface area (Å²) >= 11 is 0. The van der Waals surface area contributed by atoms with Gasteiger partial charge in [-0.25, -0.2) is 0 Å². The van der Waals surface area contributed by atoms with E-state index in [1.807, 2.05) is 18.7 Å². The molecule has 1 aromatic heterocycles. The summed E-state index contributed by atoms with van der Waals surface area (Å²) in [5.74, 6) is 1.96. The number of aryl methyl sites for hydroxylation is 2. The monoisotopic (exact) mass is 208 g/mol. The molecule has 0 amide bonds. The quantitative estimate of drug-likeness (QED) is 0.816. The Hall–Kier alpha value is -1.19. The topological polar surface area (TPSA) is 47.1 Å². The van der Waals surface area contributed by atoms with E-state index < -0.39 is 0 Å². The Morgan fingerprint density at radius 1 is 1.53 bits per heavy atom. The zero-order valence-corrected chi connectivity index (χ0v) is 9.82. The average Bonchev–Trinajstić information content (AvgIpc) is 2.96. The maximum absolute atomic E-state index is 6.05. The lowest BCUT2D eigenvalue weighted by Crippen LogP contribution is -2.28. The molecule has 0 saturated heterocycles. The fourth-order valence-electron chi connectivity index (χ4n) is 2.01. The minimum atomic E-state index is 0.833. The standard InChI is InChI=1S/C11H20N4/c1-4-15(7-9-5-6-9)11-10(12)8(2)13-14(11)3/h9H,4-7,12H2,1-3H3. The molecule has 4 heteroatoms. The summed E-state index contributed by atoms with van der Waals surface area (Å²) in [5.41, 5.74) is 7.82. The Kier molecular flexibility index (Phi) is 2.59. The van der Waals surface area contributed by atoms with Crippen molar-refractivity contribution in [1.82, 2.24) is 9.78 Å². The van der Waals surface area contributed by atoms with Crippen LogP contribution in [0.2, 0.25) is 0 Å². The summed E-state index contributed by atoms with van der Waals surface area (Å²) in [4.78, 5) is 2.34. The number of hydrogen-bond acceptors (Lipinski definition) is 3. The van der Waals surface area contributed by atoms with E-state index in [0.717, 1.165) is 36.2 Å². The maximum Gasteiger partial charge on any atom is 0.150 e. The van der Waals surface area contributed by atoms with E-state index in [2.05, 4.69) is 16.9 Å². The van der Waals surface area contributed by atoms with Gasteiger partial charge in [-0.2, -0.15) is 5.10 Å². The van der Waals surface area contributed by atoms with Gasteiger partial charge in [-0.3, -0.25) is 4.68 Å². The second kappa shape index (κ2) is 3.76. The molecule has 84 valence electrons. The van der Waals surface area contributed by atoms with E-state index in [1.165, 1.54) is 12.8 Å². The van der Waals surface area contributed by atoms with E-state index in [9.17, 15) is 0 Å². The lowest BCUT2D eigenvalue weighted by Gasteiger charge is -2.23. The van der Waals surface area contributed by atoms with Crippen LogP contribution in [0.15, 0.2) is 0 Å². The van der Waals surface area contributed by atoms with Crippen molar-refractivity contribution in [2.45, 2.75) is 26.7 Å². The molecule has 2 N–H and O–H groups in total. The number of hydrogen-bond donors (Lipinski definition) is 1. The first kappa shape index (κ1) is 10.3. The van der Waals surface area contributed by atoms with Crippen LogP contribution in [0.1, 0.15) is 25.5 Å². The van der Waals surface area contributed by atoms with Gasteiger partial charge in [0.1, 0.15) is 5.82 Å². The van der Waals surface area contributed by atoms with Crippen LogP contribution in [-0.4, -0.2) is 22.9 Å². The fourth-order valence-corrected chi connectivity index (χ4v) is 2.01. The van der Waals surface area contributed by atoms with Gasteiger partial charge in [0.25, 0.3) is 0 Å². The highest BCUT2D eigenvalue weighted by Gasteiger charge is 2.26. The van der Waals surface area contributed by atoms with Crippen LogP contribution in [-0.2, 0) is 7.05 Å². The van der Waals surface area contributed by atoms with Crippen LogP contribution in [0.25, 0.3) is 0 Å². The molecular formula is C11H20N4. The molecule has 0 aromatic carbocycles. The van der Waals surface area contributed by atoms with E-state index >= 15 is 0 Å². The zero-order valence-electron chi connectivity index (χ0n) is 9.82. The number of anilines is 2. The second-order valence-corrected chi connectivity index (χ2v) is 4.43. The van der Waals surface area contributed by atoms with Gasteiger partial charge < -0.3 is 10.6 Å². The van der Waals surface area contributed by atoms with Gasteiger partial charge in [-0.05, 0) is 32.6 Å². The molecule has 0 bridgehead atoms. The van der Waals surface area contributed by atoms with Crippen molar-refractivity contribution < 1.29 is 0 Å². The molecule has 0 aliphatic heterocycles. The van der Waals surface area contributed by atoms with Crippen molar-refractivity contribution in [3.8, 4) is 0 Å². The number of rotatable bonds is 4. The minimum Gasteiger partial charge on any atom is -0.394 e. The number of nitrogens with two attached hydrogens (primary N) is 1. The number of nitrogens with zero attached hydrogens (tertiary/aromatic N) is 3.